The molecule has 0 bridgehead atoms. The molecule has 2 N–H and O–H groups in total. The minimum atomic E-state index is -0.513. The third-order valence-electron chi connectivity index (χ3n) is 3.10. The van der Waals surface area contributed by atoms with Crippen molar-refractivity contribution in [1.82, 2.24) is 9.80 Å². The van der Waals surface area contributed by atoms with Gasteiger partial charge in [-0.2, -0.15) is 0 Å². The lowest BCUT2D eigenvalue weighted by atomic mass is 10.2. The second-order valence-corrected chi connectivity index (χ2v) is 6.11. The average Bonchev–Trinajstić information content (AvgIpc) is 2.73. The number of nitrogens with zero attached hydrogens (tertiary/aromatic N) is 2. The Morgan fingerprint density at radius 1 is 1.42 bits per heavy atom. The van der Waals surface area contributed by atoms with Gasteiger partial charge in [0.2, 0.25) is 5.91 Å². The molecule has 2 atom stereocenters. The normalized spacial score (nSPS) is 21.2. The molecular weight excluding hydrogens is 246 g/mol. The highest BCUT2D eigenvalue weighted by Gasteiger charge is 2.33. The van der Waals surface area contributed by atoms with E-state index in [1.165, 1.54) is 0 Å². The third-order valence-corrected chi connectivity index (χ3v) is 3.10. The second-order valence-electron chi connectivity index (χ2n) is 6.11. The highest BCUT2D eigenvalue weighted by molar-refractivity contribution is 5.81. The van der Waals surface area contributed by atoms with E-state index in [0.717, 1.165) is 6.42 Å². The molecule has 6 heteroatoms. The number of nitrogens with two attached hydrogens (primary N) is 1. The van der Waals surface area contributed by atoms with Crippen molar-refractivity contribution < 1.29 is 14.3 Å². The Kier molecular flexibility index (Phi) is 4.79. The Morgan fingerprint density at radius 3 is 2.47 bits per heavy atom. The van der Waals surface area contributed by atoms with Crippen LogP contribution in [-0.2, 0) is 9.53 Å². The maximum atomic E-state index is 11.9. The second kappa shape index (κ2) is 5.77. The Labute approximate surface area is 114 Å². The van der Waals surface area contributed by atoms with Gasteiger partial charge in [-0.25, -0.2) is 4.79 Å². The van der Waals surface area contributed by atoms with Crippen LogP contribution in [0, 0.1) is 0 Å². The molecule has 0 aliphatic carbocycles. The van der Waals surface area contributed by atoms with E-state index in [1.807, 2.05) is 20.8 Å². The van der Waals surface area contributed by atoms with Gasteiger partial charge in [0.15, 0.2) is 0 Å². The van der Waals surface area contributed by atoms with Gasteiger partial charge in [-0.3, -0.25) is 4.79 Å². The van der Waals surface area contributed by atoms with Gasteiger partial charge < -0.3 is 20.3 Å². The summed E-state index contributed by atoms with van der Waals surface area (Å²) in [6, 6.07) is -0.494. The monoisotopic (exact) mass is 271 g/mol. The number of amides is 2. The summed E-state index contributed by atoms with van der Waals surface area (Å²) in [5.74, 6) is -0.101. The van der Waals surface area contributed by atoms with Gasteiger partial charge in [-0.15, -0.1) is 0 Å². The summed E-state index contributed by atoms with van der Waals surface area (Å²) < 4.78 is 5.32. The first kappa shape index (κ1) is 15.8. The quantitative estimate of drug-likeness (QED) is 0.806. The average molecular weight is 271 g/mol. The van der Waals surface area contributed by atoms with Gasteiger partial charge >= 0.3 is 6.09 Å². The Hall–Kier alpha value is -1.30. The van der Waals surface area contributed by atoms with Crippen molar-refractivity contribution in [2.24, 2.45) is 5.73 Å². The minimum absolute atomic E-state index is 0.0195. The Bertz CT molecular complexity index is 350. The van der Waals surface area contributed by atoms with E-state index < -0.39 is 11.6 Å². The van der Waals surface area contributed by atoms with Crippen molar-refractivity contribution >= 4 is 12.0 Å². The van der Waals surface area contributed by atoms with Crippen molar-refractivity contribution in [3.63, 3.8) is 0 Å². The van der Waals surface area contributed by atoms with E-state index in [0.29, 0.717) is 13.1 Å². The fraction of sp³-hybridized carbons (Fsp3) is 0.846. The molecule has 0 spiro atoms. The largest absolute Gasteiger partial charge is 0.444 e. The molecular formula is C13H25N3O3. The summed E-state index contributed by atoms with van der Waals surface area (Å²) in [4.78, 5) is 27.0. The van der Waals surface area contributed by atoms with Crippen LogP contribution in [0.25, 0.3) is 0 Å². The standard InChI is InChI=1S/C13H25N3O3/c1-9(14)11(17)15(5)10-6-7-16(8-10)12(18)19-13(2,3)4/h9-10H,6-8,14H2,1-5H3/t9-,10+/m0/s1. The van der Waals surface area contributed by atoms with Crippen molar-refractivity contribution in [2.45, 2.75) is 51.8 Å². The van der Waals surface area contributed by atoms with Crippen molar-refractivity contribution in [1.29, 1.82) is 0 Å². The first-order valence-corrected chi connectivity index (χ1v) is 6.62. The topological polar surface area (TPSA) is 75.9 Å². The predicted molar refractivity (Wildman–Crippen MR) is 72.6 cm³/mol. The summed E-state index contributed by atoms with van der Waals surface area (Å²) in [5.41, 5.74) is 5.09. The summed E-state index contributed by atoms with van der Waals surface area (Å²) in [5, 5.41) is 0. The molecule has 1 aliphatic rings. The molecule has 0 radical (unpaired) electrons. The van der Waals surface area contributed by atoms with Gasteiger partial charge in [0.1, 0.15) is 5.60 Å². The number of likely N-dealkylation sites (tertiary alicyclic amines) is 1. The van der Waals surface area contributed by atoms with Gasteiger partial charge in [0.05, 0.1) is 12.1 Å². The van der Waals surface area contributed by atoms with Gasteiger partial charge in [-0.05, 0) is 34.1 Å². The molecule has 2 amide bonds. The Morgan fingerprint density at radius 2 is 2.00 bits per heavy atom. The van der Waals surface area contributed by atoms with Crippen LogP contribution in [-0.4, -0.2) is 59.6 Å². The van der Waals surface area contributed by atoms with Crippen molar-refractivity contribution in [2.75, 3.05) is 20.1 Å². The summed E-state index contributed by atoms with van der Waals surface area (Å²) >= 11 is 0. The molecule has 0 saturated carbocycles. The predicted octanol–water partition coefficient (Wildman–Crippen LogP) is 0.801. The van der Waals surface area contributed by atoms with E-state index in [4.69, 9.17) is 10.5 Å². The summed E-state index contributed by atoms with van der Waals surface area (Å²) in [7, 11) is 1.73. The van der Waals surface area contributed by atoms with E-state index >= 15 is 0 Å². The first-order chi connectivity index (χ1) is 8.61. The number of rotatable bonds is 2. The fourth-order valence-corrected chi connectivity index (χ4v) is 2.05. The highest BCUT2D eigenvalue weighted by atomic mass is 16.6. The number of ether oxygens (including phenoxy) is 1. The zero-order valence-electron chi connectivity index (χ0n) is 12.5. The van der Waals surface area contributed by atoms with Crippen LogP contribution in [0.1, 0.15) is 34.1 Å². The number of hydrogen-bond donors (Lipinski definition) is 1. The van der Waals surface area contributed by atoms with Crippen LogP contribution in [0.2, 0.25) is 0 Å². The molecule has 1 fully saturated rings. The first-order valence-electron chi connectivity index (χ1n) is 6.62. The lowest BCUT2D eigenvalue weighted by Crippen LogP contribution is -2.46. The molecule has 1 heterocycles. The third kappa shape index (κ3) is 4.38. The van der Waals surface area contributed by atoms with Crippen molar-refractivity contribution in [3.05, 3.63) is 0 Å². The maximum absolute atomic E-state index is 11.9. The van der Waals surface area contributed by atoms with Gasteiger partial charge in [0.25, 0.3) is 0 Å². The van der Waals surface area contributed by atoms with Gasteiger partial charge in [-0.1, -0.05) is 0 Å². The molecule has 0 unspecified atom stereocenters. The summed E-state index contributed by atoms with van der Waals surface area (Å²) in [6.07, 6.45) is 0.436. The molecule has 1 rings (SSSR count). The maximum Gasteiger partial charge on any atom is 0.410 e. The van der Waals surface area contributed by atoms with E-state index in [1.54, 1.807) is 23.8 Å². The minimum Gasteiger partial charge on any atom is -0.444 e. The molecule has 0 aromatic rings. The van der Waals surface area contributed by atoms with Crippen molar-refractivity contribution in [3.8, 4) is 0 Å². The summed E-state index contributed by atoms with van der Waals surface area (Å²) in [6.45, 7) is 8.29. The van der Waals surface area contributed by atoms with Gasteiger partial charge in [0, 0.05) is 20.1 Å². The van der Waals surface area contributed by atoms with Crippen LogP contribution in [0.4, 0.5) is 4.79 Å². The number of hydrogen-bond acceptors (Lipinski definition) is 4. The van der Waals surface area contributed by atoms with E-state index in [9.17, 15) is 9.59 Å². The lowest BCUT2D eigenvalue weighted by molar-refractivity contribution is -0.132. The zero-order chi connectivity index (χ0) is 14.8. The molecule has 6 nitrogen and oxygen atoms in total. The van der Waals surface area contributed by atoms with E-state index in [-0.39, 0.29) is 18.0 Å². The van der Waals surface area contributed by atoms with Crippen LogP contribution in [0.5, 0.6) is 0 Å². The SMILES string of the molecule is C[C@H](N)C(=O)N(C)[C@@H]1CCN(C(=O)OC(C)(C)C)C1. The van der Waals surface area contributed by atoms with Crippen LogP contribution < -0.4 is 5.73 Å². The molecule has 1 saturated heterocycles. The highest BCUT2D eigenvalue weighted by Crippen LogP contribution is 2.18. The van der Waals surface area contributed by atoms with Crippen LogP contribution in [0.3, 0.4) is 0 Å². The Balaban J connectivity index is 2.54. The molecule has 0 aromatic heterocycles. The number of carbonyl (C=O) groups excluding carboxylic acids is 2. The molecule has 110 valence electrons. The molecule has 0 aromatic carbocycles. The molecule has 19 heavy (non-hydrogen) atoms. The van der Waals surface area contributed by atoms with E-state index in [2.05, 4.69) is 0 Å². The number of likely N-dealkylation sites (N-methyl/N-ethyl adjacent to an activating group) is 1. The van der Waals surface area contributed by atoms with Crippen LogP contribution >= 0.6 is 0 Å². The smallest absolute Gasteiger partial charge is 0.410 e. The van der Waals surface area contributed by atoms with Crippen LogP contribution in [0.15, 0.2) is 0 Å². The number of carbonyl (C=O) groups is 2. The molecule has 1 aliphatic heterocycles. The zero-order valence-corrected chi connectivity index (χ0v) is 12.5. The lowest BCUT2D eigenvalue weighted by Gasteiger charge is -2.27. The fourth-order valence-electron chi connectivity index (χ4n) is 2.05.